The number of aliphatic hydroxyl groups is 2. The van der Waals surface area contributed by atoms with Crippen LogP contribution in [-0.2, 0) is 35.9 Å². The van der Waals surface area contributed by atoms with Gasteiger partial charge in [0.05, 0.1) is 24.3 Å². The molecule has 0 bridgehead atoms. The molecule has 0 radical (unpaired) electrons. The van der Waals surface area contributed by atoms with Gasteiger partial charge in [0.15, 0.2) is 10.1 Å². The van der Waals surface area contributed by atoms with E-state index in [9.17, 15) is 36.6 Å². The second kappa shape index (κ2) is 15.9. The molecule has 46 heavy (non-hydrogen) atoms. The Labute approximate surface area is 269 Å². The summed E-state index contributed by atoms with van der Waals surface area (Å²) in [4.78, 5) is 32.4. The first-order valence-electron chi connectivity index (χ1n) is 14.3. The number of aliphatic hydroxyl groups excluding tert-OH is 2. The van der Waals surface area contributed by atoms with E-state index in [-0.39, 0.29) is 22.2 Å². The van der Waals surface area contributed by atoms with Crippen molar-refractivity contribution in [3.8, 4) is 0 Å². The summed E-state index contributed by atoms with van der Waals surface area (Å²) in [5.41, 5.74) is -1.65. The van der Waals surface area contributed by atoms with E-state index in [1.165, 1.54) is 44.3 Å². The first-order chi connectivity index (χ1) is 21.1. The van der Waals surface area contributed by atoms with Crippen LogP contribution in [0.4, 0.5) is 9.59 Å². The number of hydrogen-bond donors (Lipinski definition) is 6. The topological polar surface area (TPSA) is 235 Å². The molecule has 0 aliphatic rings. The summed E-state index contributed by atoms with van der Waals surface area (Å²) in [6.07, 6.45) is -2.93. The Kier molecular flexibility index (Phi) is 13.4. The van der Waals surface area contributed by atoms with Crippen LogP contribution in [0.15, 0.2) is 52.6 Å². The lowest BCUT2D eigenvalue weighted by atomic mass is 10.0. The van der Waals surface area contributed by atoms with Gasteiger partial charge in [0.1, 0.15) is 11.2 Å². The van der Waals surface area contributed by atoms with Gasteiger partial charge < -0.3 is 30.3 Å². The Balaban J connectivity index is 1.92. The van der Waals surface area contributed by atoms with Gasteiger partial charge in [-0.05, 0) is 72.7 Å². The van der Waals surface area contributed by atoms with Crippen LogP contribution in [0.1, 0.15) is 54.2 Å². The maximum absolute atomic E-state index is 12.9. The molecule has 0 aliphatic carbocycles. The smallest absolute Gasteiger partial charge is 0.407 e. The molecule has 0 fully saturated rings. The molecule has 258 valence electrons. The number of carbonyl (C=O) groups is 2. The summed E-state index contributed by atoms with van der Waals surface area (Å²) in [6.45, 7) is 10.3. The van der Waals surface area contributed by atoms with E-state index < -0.39 is 80.8 Å². The van der Waals surface area contributed by atoms with Gasteiger partial charge in [-0.25, -0.2) is 45.8 Å². The van der Waals surface area contributed by atoms with Gasteiger partial charge in [-0.2, -0.15) is 0 Å². The highest BCUT2D eigenvalue weighted by Crippen LogP contribution is 2.18. The zero-order valence-corrected chi connectivity index (χ0v) is 28.5. The number of rotatable bonds is 15. The van der Waals surface area contributed by atoms with Gasteiger partial charge in [-0.3, -0.25) is 0 Å². The van der Waals surface area contributed by atoms with Crippen molar-refractivity contribution in [1.29, 1.82) is 0 Å². The second-order valence-electron chi connectivity index (χ2n) is 12.2. The van der Waals surface area contributed by atoms with Gasteiger partial charge in [0.25, 0.3) is 20.0 Å². The summed E-state index contributed by atoms with van der Waals surface area (Å²) >= 11 is 0. The Morgan fingerprint density at radius 3 is 1.78 bits per heavy atom. The Morgan fingerprint density at radius 1 is 0.783 bits per heavy atom. The molecule has 18 heteroatoms. The predicted molar refractivity (Wildman–Crippen MR) is 167 cm³/mol. The molecule has 2 rings (SSSR count). The molecular formula is C28H44N6O10S2. The van der Waals surface area contributed by atoms with Crippen LogP contribution in [0.3, 0.4) is 0 Å². The number of hydrogen-bond acceptors (Lipinski definition) is 12. The van der Waals surface area contributed by atoms with Gasteiger partial charge in [-0.15, -0.1) is 0 Å². The Morgan fingerprint density at radius 2 is 1.28 bits per heavy atom. The lowest BCUT2D eigenvalue weighted by Gasteiger charge is -2.27. The van der Waals surface area contributed by atoms with Crippen LogP contribution < -0.4 is 20.1 Å². The van der Waals surface area contributed by atoms with Crippen molar-refractivity contribution in [2.45, 2.75) is 100 Å². The van der Waals surface area contributed by atoms with Crippen molar-refractivity contribution < 1.29 is 46.1 Å². The van der Waals surface area contributed by atoms with Gasteiger partial charge >= 0.3 is 12.2 Å². The van der Waals surface area contributed by atoms with Crippen LogP contribution in [0.2, 0.25) is 0 Å². The van der Waals surface area contributed by atoms with Crippen molar-refractivity contribution in [2.24, 2.45) is 0 Å². The molecule has 0 aliphatic heterocycles. The fourth-order valence-corrected chi connectivity index (χ4v) is 5.76. The number of sulfonamides is 2. The summed E-state index contributed by atoms with van der Waals surface area (Å²) < 4.78 is 65.5. The highest BCUT2D eigenvalue weighted by Gasteiger charge is 2.29. The van der Waals surface area contributed by atoms with Gasteiger partial charge in [-0.1, -0.05) is 12.1 Å². The van der Waals surface area contributed by atoms with Crippen molar-refractivity contribution in [2.75, 3.05) is 13.1 Å². The first kappa shape index (κ1) is 38.8. The molecule has 0 unspecified atom stereocenters. The van der Waals surface area contributed by atoms with Crippen LogP contribution in [0, 0.1) is 0 Å². The number of alkyl carbamates (subject to hydrolysis) is 2. The number of pyridine rings is 2. The zero-order valence-electron chi connectivity index (χ0n) is 26.8. The Bertz CT molecular complexity index is 1530. The Hall–Kier alpha value is -3.42. The molecule has 0 spiro atoms. The normalized spacial score (nSPS) is 15.2. The summed E-state index contributed by atoms with van der Waals surface area (Å²) in [5.74, 6) is 0. The van der Waals surface area contributed by atoms with Crippen molar-refractivity contribution in [3.05, 3.63) is 48.3 Å². The average molecular weight is 689 g/mol. The van der Waals surface area contributed by atoms with E-state index >= 15 is 0 Å². The van der Waals surface area contributed by atoms with Gasteiger partial charge in [0.2, 0.25) is 0 Å². The predicted octanol–water partition coefficient (Wildman–Crippen LogP) is 0.804. The van der Waals surface area contributed by atoms with Crippen LogP contribution >= 0.6 is 0 Å². The SMILES string of the molecule is C[C@H](NC(=O)OC(C)(C)Cc1cccc(S(=O)(=O)NC[C@H](O)[C@H](C)NC(=O)OC(C)(C)C)n1)[C@H](O)CNS(=O)(=O)c1ccccn1. The molecule has 4 atom stereocenters. The van der Waals surface area contributed by atoms with E-state index in [0.717, 1.165) is 0 Å². The fraction of sp³-hybridized carbons (Fsp3) is 0.571. The molecule has 2 aromatic heterocycles. The molecule has 0 saturated carbocycles. The standard InChI is InChI=1S/C28H44N6O10S2/c1-18(32-25(37)43-27(3,4)5)22(36)17-31-46(41,42)24-13-10-11-20(34-24)15-28(6,7)44-26(38)33-19(2)21(35)16-30-45(39,40)23-12-8-9-14-29-23/h8-14,18-19,21-22,30-31,35-36H,15-17H2,1-7H3,(H,32,37)(H,33,38)/t18-,19-,21+,22-/m0/s1. The van der Waals surface area contributed by atoms with E-state index in [1.807, 2.05) is 0 Å². The molecule has 6 N–H and O–H groups in total. The monoisotopic (exact) mass is 688 g/mol. The van der Waals surface area contributed by atoms with E-state index in [4.69, 9.17) is 9.47 Å². The third kappa shape index (κ3) is 13.1. The zero-order chi connectivity index (χ0) is 34.9. The fourth-order valence-electron chi connectivity index (χ4n) is 3.73. The van der Waals surface area contributed by atoms with E-state index in [1.54, 1.807) is 46.8 Å². The third-order valence-corrected chi connectivity index (χ3v) is 8.82. The van der Waals surface area contributed by atoms with E-state index in [0.29, 0.717) is 0 Å². The molecule has 16 nitrogen and oxygen atoms in total. The summed E-state index contributed by atoms with van der Waals surface area (Å²) in [7, 11) is -8.14. The quantitative estimate of drug-likeness (QED) is 0.153. The number of aromatic nitrogens is 2. The second-order valence-corrected chi connectivity index (χ2v) is 15.6. The van der Waals surface area contributed by atoms with Crippen molar-refractivity contribution in [1.82, 2.24) is 30.0 Å². The lowest BCUT2D eigenvalue weighted by Crippen LogP contribution is -2.48. The average Bonchev–Trinajstić information content (AvgIpc) is 2.93. The van der Waals surface area contributed by atoms with Gasteiger partial charge in [0, 0.05) is 31.4 Å². The minimum absolute atomic E-state index is 0.00402. The number of carbonyl (C=O) groups excluding carboxylic acids is 2. The van der Waals surface area contributed by atoms with Crippen molar-refractivity contribution >= 4 is 32.2 Å². The molecule has 0 aromatic carbocycles. The van der Waals surface area contributed by atoms with Crippen LogP contribution in [0.25, 0.3) is 0 Å². The summed E-state index contributed by atoms with van der Waals surface area (Å²) in [5, 5.41) is 25.1. The number of nitrogens with one attached hydrogen (secondary N) is 4. The number of amides is 2. The highest BCUT2D eigenvalue weighted by atomic mass is 32.2. The molecule has 2 amide bonds. The third-order valence-electron chi connectivity index (χ3n) is 6.15. The number of ether oxygens (including phenoxy) is 2. The number of nitrogens with zero attached hydrogens (tertiary/aromatic N) is 2. The van der Waals surface area contributed by atoms with Crippen LogP contribution in [0.5, 0.6) is 0 Å². The summed E-state index contributed by atoms with van der Waals surface area (Å²) in [6, 6.07) is 6.88. The minimum atomic E-state index is -4.17. The molecule has 2 aromatic rings. The molecular weight excluding hydrogens is 644 g/mol. The van der Waals surface area contributed by atoms with Crippen LogP contribution in [-0.4, -0.2) is 97.8 Å². The van der Waals surface area contributed by atoms with E-state index in [2.05, 4.69) is 30.0 Å². The molecule has 0 saturated heterocycles. The van der Waals surface area contributed by atoms with Crippen molar-refractivity contribution in [3.63, 3.8) is 0 Å². The minimum Gasteiger partial charge on any atom is -0.444 e. The largest absolute Gasteiger partial charge is 0.444 e. The first-order valence-corrected chi connectivity index (χ1v) is 17.3. The molecule has 2 heterocycles. The maximum Gasteiger partial charge on any atom is 0.407 e. The maximum atomic E-state index is 12.9. The lowest BCUT2D eigenvalue weighted by molar-refractivity contribution is 0.0314. The highest BCUT2D eigenvalue weighted by molar-refractivity contribution is 7.89.